The predicted octanol–water partition coefficient (Wildman–Crippen LogP) is 8.08. The Hall–Kier alpha value is -2.76. The molecule has 0 spiro atoms. The van der Waals surface area contributed by atoms with Crippen molar-refractivity contribution in [2.45, 2.75) is 94.5 Å². The first-order valence-electron chi connectivity index (χ1n) is 13.2. The van der Waals surface area contributed by atoms with Gasteiger partial charge in [0.1, 0.15) is 11.3 Å². The van der Waals surface area contributed by atoms with Gasteiger partial charge in [0.15, 0.2) is 17.3 Å². The van der Waals surface area contributed by atoms with Crippen LogP contribution < -0.4 is 14.8 Å². The zero-order chi connectivity index (χ0) is 26.4. The summed E-state index contributed by atoms with van der Waals surface area (Å²) in [5.41, 5.74) is 4.63. The van der Waals surface area contributed by atoms with Gasteiger partial charge in [-0.15, -0.1) is 0 Å². The lowest BCUT2D eigenvalue weighted by atomic mass is 10.1. The van der Waals surface area contributed by atoms with E-state index in [0.717, 1.165) is 41.1 Å². The molecule has 1 aliphatic heterocycles. The summed E-state index contributed by atoms with van der Waals surface area (Å²) in [6, 6.07) is 6.06. The van der Waals surface area contributed by atoms with Crippen LogP contribution in [0.3, 0.4) is 0 Å². The van der Waals surface area contributed by atoms with Crippen LogP contribution in [0.4, 0.5) is 5.82 Å². The van der Waals surface area contributed by atoms with Gasteiger partial charge in [-0.2, -0.15) is 0 Å². The van der Waals surface area contributed by atoms with Crippen LogP contribution in [0.2, 0.25) is 0 Å². The summed E-state index contributed by atoms with van der Waals surface area (Å²) in [4.78, 5) is 8.85. The molecule has 1 aliphatic rings. The molecule has 2 aromatic heterocycles. The van der Waals surface area contributed by atoms with Crippen molar-refractivity contribution in [3.8, 4) is 11.5 Å². The molecular weight excluding hydrogens is 436 g/mol. The summed E-state index contributed by atoms with van der Waals surface area (Å²) in [6.45, 7) is 20.5. The zero-order valence-corrected chi connectivity index (χ0v) is 23.8. The van der Waals surface area contributed by atoms with Crippen LogP contribution in [0.25, 0.3) is 11.0 Å². The second-order valence-electron chi connectivity index (χ2n) is 8.65. The van der Waals surface area contributed by atoms with Gasteiger partial charge in [0.2, 0.25) is 6.79 Å². The number of hydrogen-bond acceptors (Lipinski definition) is 5. The second kappa shape index (κ2) is 16.0. The first-order chi connectivity index (χ1) is 16.9. The van der Waals surface area contributed by atoms with E-state index in [9.17, 15) is 0 Å². The van der Waals surface area contributed by atoms with Gasteiger partial charge >= 0.3 is 0 Å². The molecule has 0 fully saturated rings. The topological polar surface area (TPSA) is 61.2 Å². The third-order valence-electron chi connectivity index (χ3n) is 6.21. The third kappa shape index (κ3) is 8.75. The summed E-state index contributed by atoms with van der Waals surface area (Å²) in [6.07, 6.45) is 6.87. The van der Waals surface area contributed by atoms with Crippen molar-refractivity contribution in [1.82, 2.24) is 14.5 Å². The van der Waals surface area contributed by atoms with Crippen LogP contribution in [0.5, 0.6) is 11.5 Å². The van der Waals surface area contributed by atoms with Crippen molar-refractivity contribution < 1.29 is 9.47 Å². The standard InChI is InChI=1S/C12H18N4.C9H10O2.C6H14.C2H6/c1-4-5-8-16-9(2)15-11-10(16)6-7-14-12(11)13-3;1-6-3-8-9(4-7(6)2)11-5-10-8;1-4-6(3)5-2;1-2/h6-7H,4-5,8H2,1-3H3,(H,13,14);3-4H,5H2,1-2H3;6H,4-5H2,1-3H3;1-2H3. The van der Waals surface area contributed by atoms with Crippen molar-refractivity contribution in [3.63, 3.8) is 0 Å². The maximum absolute atomic E-state index is 5.21. The number of aromatic nitrogens is 3. The van der Waals surface area contributed by atoms with Crippen molar-refractivity contribution in [2.75, 3.05) is 19.2 Å². The SMILES string of the molecule is CC.CCC(C)CC.CCCCn1c(C)nc2c(NC)nccc21.Cc1cc2c(cc1C)OCO2. The molecule has 3 heterocycles. The van der Waals surface area contributed by atoms with Crippen molar-refractivity contribution in [2.24, 2.45) is 5.92 Å². The average Bonchev–Trinajstić information content (AvgIpc) is 3.47. The van der Waals surface area contributed by atoms with E-state index in [1.165, 1.54) is 42.3 Å². The molecule has 0 saturated carbocycles. The number of benzene rings is 1. The summed E-state index contributed by atoms with van der Waals surface area (Å²) >= 11 is 0. The number of pyridine rings is 1. The molecule has 0 radical (unpaired) electrons. The molecule has 0 aliphatic carbocycles. The Balaban J connectivity index is 0.000000280. The Morgan fingerprint density at radius 1 is 1.00 bits per heavy atom. The minimum Gasteiger partial charge on any atom is -0.454 e. The highest BCUT2D eigenvalue weighted by Crippen LogP contribution is 2.34. The van der Waals surface area contributed by atoms with E-state index in [4.69, 9.17) is 9.47 Å². The van der Waals surface area contributed by atoms with Gasteiger partial charge in [0.25, 0.3) is 0 Å². The minimum absolute atomic E-state index is 0.359. The van der Waals surface area contributed by atoms with E-state index in [2.05, 4.69) is 68.3 Å². The molecule has 196 valence electrons. The van der Waals surface area contributed by atoms with Crippen LogP contribution in [0.15, 0.2) is 24.4 Å². The Morgan fingerprint density at radius 3 is 2.03 bits per heavy atom. The molecule has 0 atom stereocenters. The van der Waals surface area contributed by atoms with E-state index in [1.807, 2.05) is 45.3 Å². The summed E-state index contributed by atoms with van der Waals surface area (Å²) in [5, 5.41) is 3.08. The number of hydrogen-bond donors (Lipinski definition) is 1. The van der Waals surface area contributed by atoms with Gasteiger partial charge in [-0.3, -0.25) is 0 Å². The minimum atomic E-state index is 0.359. The van der Waals surface area contributed by atoms with Crippen molar-refractivity contribution in [3.05, 3.63) is 41.3 Å². The van der Waals surface area contributed by atoms with Gasteiger partial charge in [0.05, 0.1) is 5.52 Å². The number of rotatable bonds is 6. The zero-order valence-electron chi connectivity index (χ0n) is 23.8. The van der Waals surface area contributed by atoms with Crippen molar-refractivity contribution in [1.29, 1.82) is 0 Å². The van der Waals surface area contributed by atoms with E-state index < -0.39 is 0 Å². The van der Waals surface area contributed by atoms with E-state index in [-0.39, 0.29) is 0 Å². The Morgan fingerprint density at radius 2 is 1.57 bits per heavy atom. The van der Waals surface area contributed by atoms with Crippen LogP contribution in [-0.2, 0) is 6.54 Å². The fourth-order valence-electron chi connectivity index (χ4n) is 3.38. The van der Waals surface area contributed by atoms with Crippen LogP contribution >= 0.6 is 0 Å². The normalized spacial score (nSPS) is 11.2. The molecule has 1 aromatic carbocycles. The summed E-state index contributed by atoms with van der Waals surface area (Å²) in [5.74, 6) is 4.59. The number of nitrogens with one attached hydrogen (secondary N) is 1. The maximum Gasteiger partial charge on any atom is 0.231 e. The molecule has 1 N–H and O–H groups in total. The average molecular weight is 485 g/mol. The lowest BCUT2D eigenvalue weighted by molar-refractivity contribution is 0.174. The van der Waals surface area contributed by atoms with Crippen LogP contribution in [-0.4, -0.2) is 28.4 Å². The van der Waals surface area contributed by atoms with Crippen LogP contribution in [0.1, 0.15) is 84.2 Å². The molecule has 0 bridgehead atoms. The number of fused-ring (bicyclic) bond motifs is 2. The highest BCUT2D eigenvalue weighted by Gasteiger charge is 2.13. The Kier molecular flexibility index (Phi) is 13.8. The van der Waals surface area contributed by atoms with Gasteiger partial charge in [-0.05, 0) is 62.4 Å². The molecule has 35 heavy (non-hydrogen) atoms. The fraction of sp³-hybridized carbons (Fsp3) is 0.586. The largest absolute Gasteiger partial charge is 0.454 e. The lowest BCUT2D eigenvalue weighted by Gasteiger charge is -2.05. The molecule has 0 unspecified atom stereocenters. The Labute approximate surface area is 213 Å². The lowest BCUT2D eigenvalue weighted by Crippen LogP contribution is -2.00. The number of ether oxygens (including phenoxy) is 2. The first kappa shape index (κ1) is 30.3. The second-order valence-corrected chi connectivity index (χ2v) is 8.65. The number of imidazole rings is 1. The number of nitrogens with zero attached hydrogens (tertiary/aromatic N) is 3. The third-order valence-corrected chi connectivity index (χ3v) is 6.21. The Bertz CT molecular complexity index is 981. The van der Waals surface area contributed by atoms with Gasteiger partial charge in [-0.1, -0.05) is 60.8 Å². The molecule has 6 heteroatoms. The van der Waals surface area contributed by atoms with E-state index in [0.29, 0.717) is 6.79 Å². The highest BCUT2D eigenvalue weighted by atomic mass is 16.7. The number of aryl methyl sites for hydroxylation is 4. The van der Waals surface area contributed by atoms with E-state index >= 15 is 0 Å². The molecule has 3 aromatic rings. The smallest absolute Gasteiger partial charge is 0.231 e. The van der Waals surface area contributed by atoms with Gasteiger partial charge in [0, 0.05) is 19.8 Å². The quantitative estimate of drug-likeness (QED) is 0.383. The first-order valence-corrected chi connectivity index (χ1v) is 13.2. The number of anilines is 1. The fourth-order valence-corrected chi connectivity index (χ4v) is 3.38. The van der Waals surface area contributed by atoms with Gasteiger partial charge < -0.3 is 19.4 Å². The molecule has 4 rings (SSSR count). The van der Waals surface area contributed by atoms with Crippen LogP contribution in [0, 0.1) is 26.7 Å². The monoisotopic (exact) mass is 484 g/mol. The molecule has 6 nitrogen and oxygen atoms in total. The van der Waals surface area contributed by atoms with Gasteiger partial charge in [-0.25, -0.2) is 9.97 Å². The number of unbranched alkanes of at least 4 members (excludes halogenated alkanes) is 1. The van der Waals surface area contributed by atoms with Crippen molar-refractivity contribution >= 4 is 16.9 Å². The molecule has 0 amide bonds. The molecule has 0 saturated heterocycles. The maximum atomic E-state index is 5.21. The van der Waals surface area contributed by atoms with E-state index in [1.54, 1.807) is 0 Å². The predicted molar refractivity (Wildman–Crippen MR) is 150 cm³/mol. The summed E-state index contributed by atoms with van der Waals surface area (Å²) < 4.78 is 12.7. The summed E-state index contributed by atoms with van der Waals surface area (Å²) in [7, 11) is 1.88. The highest BCUT2D eigenvalue weighted by molar-refractivity contribution is 5.86. The molecular formula is C29H48N4O2.